The predicted octanol–water partition coefficient (Wildman–Crippen LogP) is 5.55. The van der Waals surface area contributed by atoms with Crippen LogP contribution in [0.25, 0.3) is 0 Å². The zero-order valence-corrected chi connectivity index (χ0v) is 20.6. The maximum Gasteiger partial charge on any atom is 0.303 e. The van der Waals surface area contributed by atoms with Crippen molar-refractivity contribution in [1.29, 1.82) is 0 Å². The van der Waals surface area contributed by atoms with Gasteiger partial charge in [-0.1, -0.05) is 18.2 Å². The molecule has 0 saturated heterocycles. The number of fused-ring (bicyclic) bond motifs is 1. The molecule has 1 saturated carbocycles. The third kappa shape index (κ3) is 7.17. The molecule has 0 amide bonds. The molecule has 1 aromatic carbocycles. The molecule has 0 bridgehead atoms. The molecule has 0 spiro atoms. The van der Waals surface area contributed by atoms with Gasteiger partial charge in [0.15, 0.2) is 0 Å². The number of methoxy groups -OCH3 is 1. The van der Waals surface area contributed by atoms with Gasteiger partial charge in [0.2, 0.25) is 0 Å². The number of halogens is 1. The first-order valence-electron chi connectivity index (χ1n) is 12.8. The van der Waals surface area contributed by atoms with Crippen LogP contribution < -0.4 is 10.1 Å². The first kappa shape index (κ1) is 25.4. The number of ether oxygens (including phenoxy) is 2. The van der Waals surface area contributed by atoms with Crippen LogP contribution in [0.5, 0.6) is 5.75 Å². The van der Waals surface area contributed by atoms with E-state index >= 15 is 4.39 Å². The molecule has 1 aromatic heterocycles. The number of carboxylic acids is 1. The van der Waals surface area contributed by atoms with E-state index < -0.39 is 11.6 Å². The smallest absolute Gasteiger partial charge is 0.303 e. The summed E-state index contributed by atoms with van der Waals surface area (Å²) in [6.45, 7) is 1.87. The van der Waals surface area contributed by atoms with Crippen molar-refractivity contribution in [3.05, 3.63) is 53.2 Å². The first-order chi connectivity index (χ1) is 16.9. The number of aliphatic carboxylic acids is 1. The van der Waals surface area contributed by atoms with Gasteiger partial charge < -0.3 is 19.9 Å². The highest BCUT2D eigenvalue weighted by Crippen LogP contribution is 2.45. The number of hydrogen-bond donors (Lipinski definition) is 2. The maximum atomic E-state index is 15.7. The average Bonchev–Trinajstić information content (AvgIpc) is 3.23. The van der Waals surface area contributed by atoms with Crippen LogP contribution in [0.2, 0.25) is 0 Å². The largest absolute Gasteiger partial charge is 0.491 e. The van der Waals surface area contributed by atoms with Crippen LogP contribution in [0.3, 0.4) is 0 Å². The Kier molecular flexibility index (Phi) is 8.60. The fraction of sp³-hybridized carbons (Fsp3) is 0.571. The van der Waals surface area contributed by atoms with Gasteiger partial charge in [0, 0.05) is 19.3 Å². The number of rotatable bonds is 12. The lowest BCUT2D eigenvalue weighted by Gasteiger charge is -2.23. The summed E-state index contributed by atoms with van der Waals surface area (Å²) in [5.74, 6) is 0.821. The maximum absolute atomic E-state index is 15.7. The molecule has 35 heavy (non-hydrogen) atoms. The van der Waals surface area contributed by atoms with Crippen molar-refractivity contribution in [2.75, 3.05) is 32.2 Å². The summed E-state index contributed by atoms with van der Waals surface area (Å²) in [4.78, 5) is 16.3. The Morgan fingerprint density at radius 1 is 1.31 bits per heavy atom. The highest BCUT2D eigenvalue weighted by Gasteiger charge is 2.40. The standard InChI is InChI=1S/C28H37FN2O4/c1-34-14-15-35-25-6-2-4-22(17-25)23(18-26(32)33)16-20-9-11-28(29,19-20)12-10-24-8-7-21-5-3-13-30-27(21)31-24/h2,4,6-8,17,20,23H,3,5,9-16,18-19H2,1H3,(H,30,31)(H,32,33)/t20?,23-,28+/m0/s1. The molecule has 190 valence electrons. The second kappa shape index (κ2) is 11.8. The molecule has 2 aromatic rings. The minimum Gasteiger partial charge on any atom is -0.491 e. The fourth-order valence-electron chi connectivity index (χ4n) is 5.52. The Bertz CT molecular complexity index is 1000. The normalized spacial score (nSPS) is 22.3. The van der Waals surface area contributed by atoms with Crippen molar-refractivity contribution < 1.29 is 23.8 Å². The minimum absolute atomic E-state index is 0.0311. The van der Waals surface area contributed by atoms with Gasteiger partial charge in [-0.2, -0.15) is 0 Å². The van der Waals surface area contributed by atoms with E-state index in [-0.39, 0.29) is 18.3 Å². The molecular formula is C28H37FN2O4. The van der Waals surface area contributed by atoms with E-state index in [1.807, 2.05) is 30.3 Å². The highest BCUT2D eigenvalue weighted by atomic mass is 19.1. The van der Waals surface area contributed by atoms with Crippen LogP contribution in [0, 0.1) is 5.92 Å². The number of hydrogen-bond acceptors (Lipinski definition) is 5. The lowest BCUT2D eigenvalue weighted by Crippen LogP contribution is -2.21. The summed E-state index contributed by atoms with van der Waals surface area (Å²) >= 11 is 0. The van der Waals surface area contributed by atoms with E-state index in [1.54, 1.807) is 7.11 Å². The average molecular weight is 485 g/mol. The van der Waals surface area contributed by atoms with Crippen LogP contribution in [0.1, 0.15) is 67.7 Å². The van der Waals surface area contributed by atoms with E-state index in [4.69, 9.17) is 14.5 Å². The summed E-state index contributed by atoms with van der Waals surface area (Å²) in [7, 11) is 1.62. The van der Waals surface area contributed by atoms with Crippen molar-refractivity contribution in [3.8, 4) is 5.75 Å². The van der Waals surface area contributed by atoms with Gasteiger partial charge in [-0.25, -0.2) is 9.37 Å². The molecule has 2 aliphatic rings. The molecule has 1 fully saturated rings. The van der Waals surface area contributed by atoms with Crippen molar-refractivity contribution in [3.63, 3.8) is 0 Å². The topological polar surface area (TPSA) is 80.7 Å². The van der Waals surface area contributed by atoms with Crippen LogP contribution in [0.15, 0.2) is 36.4 Å². The first-order valence-corrected chi connectivity index (χ1v) is 12.8. The Morgan fingerprint density at radius 3 is 3.03 bits per heavy atom. The predicted molar refractivity (Wildman–Crippen MR) is 134 cm³/mol. The van der Waals surface area contributed by atoms with Crippen LogP contribution in [-0.2, 0) is 22.4 Å². The van der Waals surface area contributed by atoms with Gasteiger partial charge in [0.1, 0.15) is 23.8 Å². The van der Waals surface area contributed by atoms with Gasteiger partial charge >= 0.3 is 5.97 Å². The summed E-state index contributed by atoms with van der Waals surface area (Å²) in [5.41, 5.74) is 1.90. The van der Waals surface area contributed by atoms with E-state index in [0.717, 1.165) is 42.9 Å². The number of nitrogens with zero attached hydrogens (tertiary/aromatic N) is 1. The Balaban J connectivity index is 1.35. The molecule has 2 heterocycles. The lowest BCUT2D eigenvalue weighted by molar-refractivity contribution is -0.137. The molecule has 1 aliphatic carbocycles. The zero-order valence-electron chi connectivity index (χ0n) is 20.6. The number of carbonyl (C=O) groups is 1. The molecule has 0 radical (unpaired) electrons. The summed E-state index contributed by atoms with van der Waals surface area (Å²) in [6, 6.07) is 11.8. The SMILES string of the molecule is COCCOc1cccc([C@H](CC(=O)O)CC2CC[C@@](F)(CCc3ccc4c(n3)NCCC4)C2)c1. The number of alkyl halides is 1. The Labute approximate surface area is 207 Å². The van der Waals surface area contributed by atoms with E-state index in [0.29, 0.717) is 51.1 Å². The van der Waals surface area contributed by atoms with Gasteiger partial charge in [-0.15, -0.1) is 0 Å². The van der Waals surface area contributed by atoms with Crippen molar-refractivity contribution in [2.45, 2.75) is 69.4 Å². The van der Waals surface area contributed by atoms with Gasteiger partial charge in [-0.05, 0) is 92.5 Å². The number of aryl methyl sites for hydroxylation is 2. The number of anilines is 1. The van der Waals surface area contributed by atoms with Crippen molar-refractivity contribution in [1.82, 2.24) is 4.98 Å². The fourth-order valence-corrected chi connectivity index (χ4v) is 5.52. The third-order valence-electron chi connectivity index (χ3n) is 7.36. The molecule has 3 atom stereocenters. The minimum atomic E-state index is -1.21. The molecule has 4 rings (SSSR count). The summed E-state index contributed by atoms with van der Waals surface area (Å²) < 4.78 is 26.5. The molecule has 1 unspecified atom stereocenters. The summed E-state index contributed by atoms with van der Waals surface area (Å²) in [6.07, 6.45) is 5.75. The number of aromatic nitrogens is 1. The van der Waals surface area contributed by atoms with E-state index in [9.17, 15) is 9.90 Å². The molecular weight excluding hydrogens is 447 g/mol. The molecule has 7 heteroatoms. The highest BCUT2D eigenvalue weighted by molar-refractivity contribution is 5.68. The Morgan fingerprint density at radius 2 is 2.20 bits per heavy atom. The number of pyridine rings is 1. The van der Waals surface area contributed by atoms with Crippen LogP contribution >= 0.6 is 0 Å². The monoisotopic (exact) mass is 484 g/mol. The van der Waals surface area contributed by atoms with Crippen molar-refractivity contribution >= 4 is 11.8 Å². The molecule has 1 aliphatic heterocycles. The van der Waals surface area contributed by atoms with Crippen LogP contribution in [0.4, 0.5) is 10.2 Å². The van der Waals surface area contributed by atoms with Crippen molar-refractivity contribution in [2.24, 2.45) is 5.92 Å². The van der Waals surface area contributed by atoms with E-state index in [2.05, 4.69) is 11.4 Å². The van der Waals surface area contributed by atoms with E-state index in [1.165, 1.54) is 5.56 Å². The third-order valence-corrected chi connectivity index (χ3v) is 7.36. The second-order valence-electron chi connectivity index (χ2n) is 10.0. The van der Waals surface area contributed by atoms with Gasteiger partial charge in [-0.3, -0.25) is 4.79 Å². The molecule has 6 nitrogen and oxygen atoms in total. The number of carboxylic acid groups (broad SMARTS) is 1. The quantitative estimate of drug-likeness (QED) is 0.384. The number of nitrogens with one attached hydrogen (secondary N) is 1. The summed E-state index contributed by atoms with van der Waals surface area (Å²) in [5, 5.41) is 12.9. The Hall–Kier alpha value is -2.67. The van der Waals surface area contributed by atoms with Gasteiger partial charge in [0.05, 0.1) is 13.0 Å². The zero-order chi connectivity index (χ0) is 24.7. The second-order valence-corrected chi connectivity index (χ2v) is 10.0. The number of benzene rings is 1. The molecule has 2 N–H and O–H groups in total. The van der Waals surface area contributed by atoms with Gasteiger partial charge in [0.25, 0.3) is 0 Å². The van der Waals surface area contributed by atoms with Crippen LogP contribution in [-0.4, -0.2) is 48.6 Å². The lowest BCUT2D eigenvalue weighted by atomic mass is 9.84.